The molecule has 2 atom stereocenters. The first-order chi connectivity index (χ1) is 12.7. The predicted octanol–water partition coefficient (Wildman–Crippen LogP) is 3.20. The molecule has 0 saturated carbocycles. The Morgan fingerprint density at radius 1 is 1.15 bits per heavy atom. The number of amides is 1. The molecular weight excluding hydrogens is 344 g/mol. The minimum absolute atomic E-state index is 0.0920. The number of hydrogen-bond donors (Lipinski definition) is 1. The summed E-state index contributed by atoms with van der Waals surface area (Å²) in [6.45, 7) is 6.44. The van der Waals surface area contributed by atoms with Gasteiger partial charge in [0.2, 0.25) is 0 Å². The molecule has 0 aliphatic carbocycles. The first kappa shape index (κ1) is 20.2. The number of rotatable bonds is 7. The largest absolute Gasteiger partial charge is 0.482 e. The summed E-state index contributed by atoms with van der Waals surface area (Å²) >= 11 is 0. The van der Waals surface area contributed by atoms with E-state index in [1.807, 2.05) is 50.2 Å². The summed E-state index contributed by atoms with van der Waals surface area (Å²) in [4.78, 5) is 24.2. The highest BCUT2D eigenvalue weighted by atomic mass is 16.6. The van der Waals surface area contributed by atoms with Crippen LogP contribution in [0.4, 0.5) is 0 Å². The van der Waals surface area contributed by atoms with E-state index in [1.165, 1.54) is 6.92 Å². The monoisotopic (exact) mass is 368 g/mol. The molecule has 27 heavy (non-hydrogen) atoms. The maximum Gasteiger partial charge on any atom is 0.344 e. The highest BCUT2D eigenvalue weighted by Gasteiger charge is 2.32. The molecule has 6 nitrogen and oxygen atoms in total. The number of ether oxygens (including phenoxy) is 2. The zero-order chi connectivity index (χ0) is 20.0. The summed E-state index contributed by atoms with van der Waals surface area (Å²) in [6.07, 6.45) is -1.02. The van der Waals surface area contributed by atoms with Gasteiger partial charge in [-0.15, -0.1) is 0 Å². The van der Waals surface area contributed by atoms with Gasteiger partial charge >= 0.3 is 5.97 Å². The first-order valence-corrected chi connectivity index (χ1v) is 8.79. The van der Waals surface area contributed by atoms with Gasteiger partial charge in [0.25, 0.3) is 5.91 Å². The molecule has 0 unspecified atom stereocenters. The number of benzene rings is 2. The van der Waals surface area contributed by atoms with E-state index < -0.39 is 23.5 Å². The minimum atomic E-state index is -1.03. The summed E-state index contributed by atoms with van der Waals surface area (Å²) in [5.74, 6) is -0.731. The van der Waals surface area contributed by atoms with E-state index in [-0.39, 0.29) is 12.5 Å². The van der Waals surface area contributed by atoms with Crippen LogP contribution in [0.5, 0.6) is 5.75 Å². The number of nitrogens with zero attached hydrogens (tertiary/aromatic N) is 1. The van der Waals surface area contributed by atoms with E-state index in [0.717, 1.165) is 10.8 Å². The quantitative estimate of drug-likeness (QED) is 0.758. The van der Waals surface area contributed by atoms with Crippen molar-refractivity contribution in [2.75, 3.05) is 6.61 Å². The second-order valence-electron chi connectivity index (χ2n) is 6.89. The Morgan fingerprint density at radius 2 is 1.81 bits per heavy atom. The third-order valence-electron chi connectivity index (χ3n) is 4.52. The Labute approximate surface area is 159 Å². The number of carbonyl (C=O) groups is 2. The second-order valence-corrected chi connectivity index (χ2v) is 6.89. The number of hydrogen-bond acceptors (Lipinski definition) is 5. The summed E-state index contributed by atoms with van der Waals surface area (Å²) in [5.41, 5.74) is -1.03. The van der Waals surface area contributed by atoms with Crippen LogP contribution in [0, 0.1) is 17.2 Å². The fourth-order valence-corrected chi connectivity index (χ4v) is 2.34. The van der Waals surface area contributed by atoms with Crippen LogP contribution in [0.1, 0.15) is 27.7 Å². The molecule has 0 bridgehead atoms. The molecule has 0 saturated heterocycles. The normalized spacial score (nSPS) is 14.1. The molecule has 2 aromatic rings. The van der Waals surface area contributed by atoms with E-state index >= 15 is 0 Å². The molecule has 0 radical (unpaired) electrons. The van der Waals surface area contributed by atoms with E-state index in [1.54, 1.807) is 13.0 Å². The second kappa shape index (κ2) is 8.54. The van der Waals surface area contributed by atoms with Crippen molar-refractivity contribution in [1.29, 1.82) is 5.26 Å². The zero-order valence-corrected chi connectivity index (χ0v) is 16.0. The van der Waals surface area contributed by atoms with Crippen molar-refractivity contribution in [2.45, 2.75) is 39.3 Å². The maximum absolute atomic E-state index is 12.2. The van der Waals surface area contributed by atoms with E-state index in [4.69, 9.17) is 9.47 Å². The molecule has 1 N–H and O–H groups in total. The van der Waals surface area contributed by atoms with Gasteiger partial charge in [-0.25, -0.2) is 4.79 Å². The lowest BCUT2D eigenvalue weighted by molar-refractivity contribution is -0.157. The standard InChI is InChI=1S/C21H24N2O4/c1-14(2)21(4,13-22)23-20(25)15(3)27-19(24)12-26-18-10-9-16-7-5-6-8-17(16)11-18/h5-11,14-15H,12H2,1-4H3,(H,23,25)/t15-,21-/m1/s1. The molecule has 0 spiro atoms. The van der Waals surface area contributed by atoms with Crippen LogP contribution in [0.3, 0.4) is 0 Å². The molecule has 0 aromatic heterocycles. The summed E-state index contributed by atoms with van der Waals surface area (Å²) in [6, 6.07) is 15.4. The Bertz CT molecular complexity index is 872. The van der Waals surface area contributed by atoms with Gasteiger partial charge in [-0.1, -0.05) is 44.2 Å². The van der Waals surface area contributed by atoms with Crippen molar-refractivity contribution in [2.24, 2.45) is 5.92 Å². The molecular formula is C21H24N2O4. The van der Waals surface area contributed by atoms with Crippen molar-refractivity contribution in [3.05, 3.63) is 42.5 Å². The van der Waals surface area contributed by atoms with Crippen LogP contribution in [0.25, 0.3) is 10.8 Å². The average Bonchev–Trinajstić information content (AvgIpc) is 2.65. The van der Waals surface area contributed by atoms with E-state index in [9.17, 15) is 14.9 Å². The topological polar surface area (TPSA) is 88.4 Å². The Morgan fingerprint density at radius 3 is 2.44 bits per heavy atom. The highest BCUT2D eigenvalue weighted by Crippen LogP contribution is 2.20. The Hall–Kier alpha value is -3.07. The van der Waals surface area contributed by atoms with Gasteiger partial charge in [0.1, 0.15) is 11.3 Å². The SMILES string of the molecule is CC(C)[C@@](C)(C#N)NC(=O)[C@@H](C)OC(=O)COc1ccc2ccccc2c1. The van der Waals surface area contributed by atoms with E-state index in [0.29, 0.717) is 5.75 Å². The number of fused-ring (bicyclic) bond motifs is 1. The van der Waals surface area contributed by atoms with Crippen LogP contribution < -0.4 is 10.1 Å². The Balaban J connectivity index is 1.88. The van der Waals surface area contributed by atoms with Gasteiger partial charge in [0.15, 0.2) is 12.7 Å². The highest BCUT2D eigenvalue weighted by molar-refractivity contribution is 5.85. The molecule has 2 rings (SSSR count). The van der Waals surface area contributed by atoms with Crippen molar-refractivity contribution in [3.63, 3.8) is 0 Å². The predicted molar refractivity (Wildman–Crippen MR) is 102 cm³/mol. The van der Waals surface area contributed by atoms with Crippen molar-refractivity contribution < 1.29 is 19.1 Å². The molecule has 142 valence electrons. The van der Waals surface area contributed by atoms with Crippen molar-refractivity contribution in [1.82, 2.24) is 5.32 Å². The number of esters is 1. The fourth-order valence-electron chi connectivity index (χ4n) is 2.34. The third-order valence-corrected chi connectivity index (χ3v) is 4.52. The molecule has 0 fully saturated rings. The smallest absolute Gasteiger partial charge is 0.344 e. The van der Waals surface area contributed by atoms with Gasteiger partial charge in [-0.3, -0.25) is 4.79 Å². The molecule has 0 aliphatic heterocycles. The first-order valence-electron chi connectivity index (χ1n) is 8.79. The van der Waals surface area contributed by atoms with Gasteiger partial charge in [0, 0.05) is 0 Å². The van der Waals surface area contributed by atoms with Crippen LogP contribution in [-0.2, 0) is 14.3 Å². The zero-order valence-electron chi connectivity index (χ0n) is 16.0. The van der Waals surface area contributed by atoms with Crippen molar-refractivity contribution in [3.8, 4) is 11.8 Å². The fraction of sp³-hybridized carbons (Fsp3) is 0.381. The van der Waals surface area contributed by atoms with E-state index in [2.05, 4.69) is 11.4 Å². The Kier molecular flexibility index (Phi) is 6.40. The van der Waals surface area contributed by atoms with Crippen LogP contribution >= 0.6 is 0 Å². The summed E-state index contributed by atoms with van der Waals surface area (Å²) in [5, 5.41) is 14.0. The van der Waals surface area contributed by atoms with Gasteiger partial charge < -0.3 is 14.8 Å². The van der Waals surface area contributed by atoms with Gasteiger partial charge in [-0.05, 0) is 42.7 Å². The number of nitrogens with one attached hydrogen (secondary N) is 1. The number of nitriles is 1. The average molecular weight is 368 g/mol. The van der Waals surface area contributed by atoms with Crippen LogP contribution in [0.15, 0.2) is 42.5 Å². The number of carbonyl (C=O) groups excluding carboxylic acids is 2. The van der Waals surface area contributed by atoms with Gasteiger partial charge in [0.05, 0.1) is 6.07 Å². The summed E-state index contributed by atoms with van der Waals surface area (Å²) in [7, 11) is 0. The third kappa shape index (κ3) is 5.20. The molecule has 2 aromatic carbocycles. The van der Waals surface area contributed by atoms with Crippen molar-refractivity contribution >= 4 is 22.6 Å². The molecule has 6 heteroatoms. The van der Waals surface area contributed by atoms with Gasteiger partial charge in [-0.2, -0.15) is 5.26 Å². The molecule has 0 heterocycles. The maximum atomic E-state index is 12.2. The van der Waals surface area contributed by atoms with Crippen LogP contribution in [0.2, 0.25) is 0 Å². The lowest BCUT2D eigenvalue weighted by Gasteiger charge is -2.28. The lowest BCUT2D eigenvalue weighted by Crippen LogP contribution is -2.52. The van der Waals surface area contributed by atoms with Crippen LogP contribution in [-0.4, -0.2) is 30.1 Å². The molecule has 1 amide bonds. The summed E-state index contributed by atoms with van der Waals surface area (Å²) < 4.78 is 10.6. The lowest BCUT2D eigenvalue weighted by atomic mass is 9.90. The minimum Gasteiger partial charge on any atom is -0.482 e. The molecule has 0 aliphatic rings.